The Hall–Kier alpha value is -1.86. The number of nitrogens with one attached hydrogen (secondary N) is 1. The van der Waals surface area contributed by atoms with Crippen LogP contribution >= 0.6 is 28.1 Å². The smallest absolute Gasteiger partial charge is 0.200 e. The van der Waals surface area contributed by atoms with E-state index in [0.29, 0.717) is 15.1 Å². The summed E-state index contributed by atoms with van der Waals surface area (Å²) in [6, 6.07) is 8.37. The lowest BCUT2D eigenvalue weighted by molar-refractivity contribution is 0.620. The van der Waals surface area contributed by atoms with E-state index in [1.807, 2.05) is 12.1 Å². The van der Waals surface area contributed by atoms with E-state index < -0.39 is 0 Å². The predicted octanol–water partition coefficient (Wildman–Crippen LogP) is 3.89. The van der Waals surface area contributed by atoms with Gasteiger partial charge >= 0.3 is 0 Å². The van der Waals surface area contributed by atoms with Crippen LogP contribution in [0.2, 0.25) is 0 Å². The highest BCUT2D eigenvalue weighted by molar-refractivity contribution is 9.10. The third-order valence-electron chi connectivity index (χ3n) is 2.75. The molecule has 0 fully saturated rings. The molecule has 0 bridgehead atoms. The van der Waals surface area contributed by atoms with Gasteiger partial charge in [0.15, 0.2) is 10.6 Å². The van der Waals surface area contributed by atoms with Gasteiger partial charge in [0.05, 0.1) is 10.2 Å². The molecule has 2 aromatic heterocycles. The van der Waals surface area contributed by atoms with Crippen LogP contribution in [-0.2, 0) is 0 Å². The number of halogens is 2. The van der Waals surface area contributed by atoms with Gasteiger partial charge in [-0.3, -0.25) is 14.6 Å². The Balaban J connectivity index is 2.22. The Morgan fingerprint density at radius 1 is 1.30 bits per heavy atom. The lowest BCUT2D eigenvalue weighted by Crippen LogP contribution is -1.98. The summed E-state index contributed by atoms with van der Waals surface area (Å²) in [7, 11) is 0. The molecule has 4 nitrogen and oxygen atoms in total. The molecule has 0 radical (unpaired) electrons. The van der Waals surface area contributed by atoms with Gasteiger partial charge in [0.2, 0.25) is 0 Å². The van der Waals surface area contributed by atoms with Gasteiger partial charge in [-0.1, -0.05) is 0 Å². The summed E-state index contributed by atoms with van der Waals surface area (Å²) < 4.78 is 15.9. The highest BCUT2D eigenvalue weighted by atomic mass is 79.9. The Morgan fingerprint density at radius 3 is 2.85 bits per heavy atom. The van der Waals surface area contributed by atoms with Crippen LogP contribution in [0.15, 0.2) is 47.2 Å². The second-order valence-corrected chi connectivity index (χ2v) is 5.27. The van der Waals surface area contributed by atoms with Crippen LogP contribution in [0, 0.1) is 10.6 Å². The molecular weight excluding hydrogens is 343 g/mol. The van der Waals surface area contributed by atoms with Crippen molar-refractivity contribution >= 4 is 28.1 Å². The normalized spacial score (nSPS) is 10.7. The zero-order chi connectivity index (χ0) is 14.1. The number of hydrogen-bond acceptors (Lipinski definition) is 3. The summed E-state index contributed by atoms with van der Waals surface area (Å²) in [4.78, 5) is 4.07. The molecule has 1 N–H and O–H groups in total. The molecule has 0 spiro atoms. The fourth-order valence-electron chi connectivity index (χ4n) is 1.85. The first-order chi connectivity index (χ1) is 9.66. The van der Waals surface area contributed by atoms with Gasteiger partial charge in [-0.2, -0.15) is 5.10 Å². The van der Waals surface area contributed by atoms with Crippen molar-refractivity contribution in [2.24, 2.45) is 0 Å². The van der Waals surface area contributed by atoms with Crippen LogP contribution in [0.3, 0.4) is 0 Å². The molecule has 3 rings (SSSR count). The van der Waals surface area contributed by atoms with Crippen LogP contribution in [0.5, 0.6) is 0 Å². The van der Waals surface area contributed by atoms with E-state index in [9.17, 15) is 4.39 Å². The van der Waals surface area contributed by atoms with Crippen molar-refractivity contribution in [3.8, 4) is 17.1 Å². The number of aromatic nitrogens is 4. The van der Waals surface area contributed by atoms with Crippen molar-refractivity contribution in [2.45, 2.75) is 0 Å². The van der Waals surface area contributed by atoms with E-state index in [4.69, 9.17) is 12.2 Å². The molecule has 100 valence electrons. The zero-order valence-corrected chi connectivity index (χ0v) is 12.4. The van der Waals surface area contributed by atoms with Gasteiger partial charge in [0, 0.05) is 18.0 Å². The van der Waals surface area contributed by atoms with E-state index in [1.165, 1.54) is 6.07 Å². The standard InChI is InChI=1S/C13H8BrFN4S/c14-10-6-9(3-4-11(10)15)19-12(17-18-13(19)20)8-2-1-5-16-7-8/h1-7H,(H,18,20). The van der Waals surface area contributed by atoms with E-state index in [0.717, 1.165) is 11.3 Å². The first kappa shape index (κ1) is 13.1. The SMILES string of the molecule is Fc1ccc(-n2c(-c3cccnc3)n[nH]c2=S)cc1Br. The van der Waals surface area contributed by atoms with Crippen LogP contribution < -0.4 is 0 Å². The van der Waals surface area contributed by atoms with E-state index in [2.05, 4.69) is 31.1 Å². The minimum Gasteiger partial charge on any atom is -0.268 e. The average Bonchev–Trinajstić information content (AvgIpc) is 2.85. The van der Waals surface area contributed by atoms with Gasteiger partial charge in [-0.15, -0.1) is 0 Å². The number of benzene rings is 1. The first-order valence-electron chi connectivity index (χ1n) is 5.70. The molecular formula is C13H8BrFN4S. The maximum atomic E-state index is 13.3. The lowest BCUT2D eigenvalue weighted by Gasteiger charge is -2.07. The summed E-state index contributed by atoms with van der Waals surface area (Å²) in [6.45, 7) is 0. The number of pyridine rings is 1. The van der Waals surface area contributed by atoms with Gasteiger partial charge in [0.25, 0.3) is 0 Å². The molecule has 20 heavy (non-hydrogen) atoms. The molecule has 3 aromatic rings. The lowest BCUT2D eigenvalue weighted by atomic mass is 10.2. The molecule has 0 aliphatic carbocycles. The maximum absolute atomic E-state index is 13.3. The largest absolute Gasteiger partial charge is 0.268 e. The van der Waals surface area contributed by atoms with Gasteiger partial charge in [0.1, 0.15) is 5.82 Å². The van der Waals surface area contributed by atoms with E-state index in [-0.39, 0.29) is 5.82 Å². The molecule has 0 unspecified atom stereocenters. The fraction of sp³-hybridized carbons (Fsp3) is 0. The van der Waals surface area contributed by atoms with E-state index in [1.54, 1.807) is 29.1 Å². The summed E-state index contributed by atoms with van der Waals surface area (Å²) >= 11 is 8.42. The molecule has 7 heteroatoms. The number of nitrogens with zero attached hydrogens (tertiary/aromatic N) is 3. The summed E-state index contributed by atoms with van der Waals surface area (Å²) in [6.07, 6.45) is 3.38. The molecule has 0 aliphatic heterocycles. The molecule has 0 saturated heterocycles. The maximum Gasteiger partial charge on any atom is 0.200 e. The minimum atomic E-state index is -0.327. The number of H-pyrrole nitrogens is 1. The highest BCUT2D eigenvalue weighted by Crippen LogP contribution is 2.24. The number of rotatable bonds is 2. The van der Waals surface area contributed by atoms with Crippen molar-refractivity contribution in [3.63, 3.8) is 0 Å². The Kier molecular flexibility index (Phi) is 3.45. The summed E-state index contributed by atoms with van der Waals surface area (Å²) in [5.41, 5.74) is 1.54. The van der Waals surface area contributed by atoms with Crippen molar-refractivity contribution in [1.29, 1.82) is 0 Å². The van der Waals surface area contributed by atoms with Crippen LogP contribution in [0.25, 0.3) is 17.1 Å². The van der Waals surface area contributed by atoms with Crippen molar-refractivity contribution in [3.05, 3.63) is 57.8 Å². The number of hydrogen-bond donors (Lipinski definition) is 1. The summed E-state index contributed by atoms with van der Waals surface area (Å²) in [5.74, 6) is 0.299. The Morgan fingerprint density at radius 2 is 2.15 bits per heavy atom. The van der Waals surface area contributed by atoms with Gasteiger partial charge < -0.3 is 0 Å². The minimum absolute atomic E-state index is 0.327. The van der Waals surface area contributed by atoms with Crippen LogP contribution in [-0.4, -0.2) is 19.7 Å². The molecule has 0 atom stereocenters. The molecule has 0 amide bonds. The van der Waals surface area contributed by atoms with Crippen LogP contribution in [0.4, 0.5) is 4.39 Å². The monoisotopic (exact) mass is 350 g/mol. The zero-order valence-electron chi connectivity index (χ0n) is 10.0. The molecule has 0 aliphatic rings. The van der Waals surface area contributed by atoms with Crippen LogP contribution in [0.1, 0.15) is 0 Å². The molecule has 1 aromatic carbocycles. The Bertz CT molecular complexity index is 813. The third-order valence-corrected chi connectivity index (χ3v) is 3.64. The predicted molar refractivity (Wildman–Crippen MR) is 79.6 cm³/mol. The van der Waals surface area contributed by atoms with Crippen molar-refractivity contribution in [1.82, 2.24) is 19.7 Å². The number of aromatic amines is 1. The second-order valence-electron chi connectivity index (χ2n) is 4.03. The van der Waals surface area contributed by atoms with Crippen molar-refractivity contribution < 1.29 is 4.39 Å². The highest BCUT2D eigenvalue weighted by Gasteiger charge is 2.12. The third kappa shape index (κ3) is 2.30. The average molecular weight is 351 g/mol. The second kappa shape index (κ2) is 5.26. The fourth-order valence-corrected chi connectivity index (χ4v) is 2.45. The van der Waals surface area contributed by atoms with Gasteiger partial charge in [-0.25, -0.2) is 4.39 Å². The molecule has 2 heterocycles. The quantitative estimate of drug-likeness (QED) is 0.713. The van der Waals surface area contributed by atoms with Gasteiger partial charge in [-0.05, 0) is 58.5 Å². The molecule has 0 saturated carbocycles. The van der Waals surface area contributed by atoms with E-state index >= 15 is 0 Å². The van der Waals surface area contributed by atoms with Crippen molar-refractivity contribution in [2.75, 3.05) is 0 Å². The first-order valence-corrected chi connectivity index (χ1v) is 6.90. The summed E-state index contributed by atoms with van der Waals surface area (Å²) in [5, 5.41) is 6.96. The topological polar surface area (TPSA) is 46.5 Å². The Labute approximate surface area is 127 Å².